The number of benzene rings is 2. The van der Waals surface area contributed by atoms with Gasteiger partial charge >= 0.3 is 0 Å². The van der Waals surface area contributed by atoms with Gasteiger partial charge in [0.1, 0.15) is 11.6 Å². The average Bonchev–Trinajstić information content (AvgIpc) is 2.90. The highest BCUT2D eigenvalue weighted by Crippen LogP contribution is 2.34. The summed E-state index contributed by atoms with van der Waals surface area (Å²) >= 11 is 0. The number of aromatic nitrogens is 1. The molecule has 6 nitrogen and oxygen atoms in total. The minimum absolute atomic E-state index is 0.158. The standard InChI is InChI=1S/C26H28FN3O3.C2H6/c1-2-33-23-8-9-24(25(16-23)30-10-12-32-13-11-30)20-6-7-22(28-18-20)15-26(31)29-17-19-4-3-5-21(27)14-19;1-2/h3-9,14,16,18H,2,10-13,15,17H2,1H3,(H,29,31);1-2H3. The second-order valence-electron chi connectivity index (χ2n) is 7.83. The van der Waals surface area contributed by atoms with E-state index in [2.05, 4.69) is 27.3 Å². The number of amides is 1. The van der Waals surface area contributed by atoms with Crippen LogP contribution in [-0.4, -0.2) is 43.8 Å². The Bertz CT molecular complexity index is 1080. The van der Waals surface area contributed by atoms with Crippen molar-refractivity contribution in [3.63, 3.8) is 0 Å². The van der Waals surface area contributed by atoms with Gasteiger partial charge in [-0.3, -0.25) is 9.78 Å². The van der Waals surface area contributed by atoms with E-state index in [1.54, 1.807) is 18.3 Å². The summed E-state index contributed by atoms with van der Waals surface area (Å²) in [5, 5.41) is 2.81. The Labute approximate surface area is 207 Å². The fourth-order valence-electron chi connectivity index (χ4n) is 3.84. The third-order valence-electron chi connectivity index (χ3n) is 5.49. The van der Waals surface area contributed by atoms with Gasteiger partial charge in [0.05, 0.1) is 26.2 Å². The summed E-state index contributed by atoms with van der Waals surface area (Å²) in [5.41, 5.74) is 4.53. The predicted molar refractivity (Wildman–Crippen MR) is 137 cm³/mol. The Kier molecular flexibility index (Phi) is 10.0. The second kappa shape index (κ2) is 13.4. The van der Waals surface area contributed by atoms with Crippen molar-refractivity contribution in [1.29, 1.82) is 0 Å². The zero-order valence-corrected chi connectivity index (χ0v) is 20.7. The van der Waals surface area contributed by atoms with Gasteiger partial charge in [-0.15, -0.1) is 0 Å². The Morgan fingerprint density at radius 3 is 2.60 bits per heavy atom. The number of anilines is 1. The number of nitrogens with one attached hydrogen (secondary N) is 1. The SMILES string of the molecule is CC.CCOc1ccc(-c2ccc(CC(=O)NCc3cccc(F)c3)nc2)c(N2CCOCC2)c1. The molecule has 1 aliphatic heterocycles. The molecule has 0 atom stereocenters. The van der Waals surface area contributed by atoms with E-state index in [9.17, 15) is 9.18 Å². The summed E-state index contributed by atoms with van der Waals surface area (Å²) < 4.78 is 24.5. The van der Waals surface area contributed by atoms with E-state index in [0.29, 0.717) is 25.5 Å². The van der Waals surface area contributed by atoms with Crippen LogP contribution in [-0.2, 0) is 22.5 Å². The summed E-state index contributed by atoms with van der Waals surface area (Å²) in [4.78, 5) is 19.1. The molecule has 1 aromatic heterocycles. The van der Waals surface area contributed by atoms with Gasteiger partial charge in [0.2, 0.25) is 5.91 Å². The number of pyridine rings is 1. The van der Waals surface area contributed by atoms with Crippen LogP contribution in [0.25, 0.3) is 11.1 Å². The molecule has 3 aromatic rings. The third-order valence-corrected chi connectivity index (χ3v) is 5.49. The van der Waals surface area contributed by atoms with Crippen molar-refractivity contribution in [2.24, 2.45) is 0 Å². The molecule has 2 heterocycles. The fourth-order valence-corrected chi connectivity index (χ4v) is 3.84. The van der Waals surface area contributed by atoms with Gasteiger partial charge in [0, 0.05) is 54.4 Å². The molecule has 1 aliphatic rings. The van der Waals surface area contributed by atoms with Crippen LogP contribution in [0.1, 0.15) is 32.0 Å². The second-order valence-corrected chi connectivity index (χ2v) is 7.83. The highest BCUT2D eigenvalue weighted by Gasteiger charge is 2.17. The lowest BCUT2D eigenvalue weighted by Crippen LogP contribution is -2.36. The van der Waals surface area contributed by atoms with Crippen LogP contribution < -0.4 is 15.0 Å². The highest BCUT2D eigenvalue weighted by molar-refractivity contribution is 5.81. The molecular weight excluding hydrogens is 445 g/mol. The van der Waals surface area contributed by atoms with Gasteiger partial charge < -0.3 is 19.7 Å². The molecule has 1 N–H and O–H groups in total. The van der Waals surface area contributed by atoms with E-state index in [-0.39, 0.29) is 24.7 Å². The van der Waals surface area contributed by atoms with Crippen LogP contribution in [0.15, 0.2) is 60.8 Å². The number of ether oxygens (including phenoxy) is 2. The first-order valence-electron chi connectivity index (χ1n) is 12.2. The Balaban J connectivity index is 0.00000167. The normalized spacial score (nSPS) is 13.0. The first-order valence-corrected chi connectivity index (χ1v) is 12.2. The summed E-state index contributed by atoms with van der Waals surface area (Å²) in [7, 11) is 0. The Morgan fingerprint density at radius 1 is 1.11 bits per heavy atom. The number of halogens is 1. The molecule has 2 aromatic carbocycles. The molecule has 1 saturated heterocycles. The van der Waals surface area contributed by atoms with Crippen LogP contribution in [0.5, 0.6) is 5.75 Å². The zero-order chi connectivity index (χ0) is 25.0. The third kappa shape index (κ3) is 7.52. The molecule has 0 radical (unpaired) electrons. The van der Waals surface area contributed by atoms with Crippen molar-refractivity contribution < 1.29 is 18.7 Å². The summed E-state index contributed by atoms with van der Waals surface area (Å²) in [6, 6.07) is 16.1. The predicted octanol–water partition coefficient (Wildman–Crippen LogP) is 5.01. The van der Waals surface area contributed by atoms with Crippen molar-refractivity contribution in [2.75, 3.05) is 37.8 Å². The molecule has 35 heavy (non-hydrogen) atoms. The lowest BCUT2D eigenvalue weighted by atomic mass is 10.0. The first kappa shape index (κ1) is 26.2. The minimum atomic E-state index is -0.315. The Morgan fingerprint density at radius 2 is 1.91 bits per heavy atom. The molecular formula is C28H34FN3O3. The van der Waals surface area contributed by atoms with Crippen LogP contribution >= 0.6 is 0 Å². The van der Waals surface area contributed by atoms with Crippen LogP contribution in [0, 0.1) is 5.82 Å². The number of morpholine rings is 1. The number of rotatable bonds is 8. The molecule has 0 saturated carbocycles. The molecule has 0 bridgehead atoms. The van der Waals surface area contributed by atoms with E-state index in [1.165, 1.54) is 12.1 Å². The maximum Gasteiger partial charge on any atom is 0.226 e. The largest absolute Gasteiger partial charge is 0.494 e. The number of carbonyl (C=O) groups excluding carboxylic acids is 1. The van der Waals surface area contributed by atoms with E-state index in [4.69, 9.17) is 9.47 Å². The van der Waals surface area contributed by atoms with Gasteiger partial charge in [0.25, 0.3) is 0 Å². The first-order chi connectivity index (χ1) is 17.1. The van der Waals surface area contributed by atoms with E-state index in [1.807, 2.05) is 39.0 Å². The van der Waals surface area contributed by atoms with Gasteiger partial charge in [-0.05, 0) is 42.8 Å². The van der Waals surface area contributed by atoms with Crippen molar-refractivity contribution in [1.82, 2.24) is 10.3 Å². The Hall–Kier alpha value is -3.45. The number of hydrogen-bond donors (Lipinski definition) is 1. The number of nitrogens with zero attached hydrogens (tertiary/aromatic N) is 2. The van der Waals surface area contributed by atoms with Crippen molar-refractivity contribution in [3.05, 3.63) is 77.9 Å². The number of carbonyl (C=O) groups is 1. The van der Waals surface area contributed by atoms with Gasteiger partial charge in [-0.2, -0.15) is 0 Å². The molecule has 0 aliphatic carbocycles. The van der Waals surface area contributed by atoms with E-state index < -0.39 is 0 Å². The van der Waals surface area contributed by atoms with Crippen LogP contribution in [0.2, 0.25) is 0 Å². The zero-order valence-electron chi connectivity index (χ0n) is 20.7. The van der Waals surface area contributed by atoms with Crippen molar-refractivity contribution in [3.8, 4) is 16.9 Å². The summed E-state index contributed by atoms with van der Waals surface area (Å²) in [6.45, 7) is 9.89. The number of hydrogen-bond acceptors (Lipinski definition) is 5. The van der Waals surface area contributed by atoms with Gasteiger partial charge in [-0.25, -0.2) is 4.39 Å². The molecule has 1 amide bonds. The monoisotopic (exact) mass is 479 g/mol. The smallest absolute Gasteiger partial charge is 0.226 e. The summed E-state index contributed by atoms with van der Waals surface area (Å²) in [6.07, 6.45) is 1.96. The molecule has 186 valence electrons. The molecule has 1 fully saturated rings. The topological polar surface area (TPSA) is 63.7 Å². The van der Waals surface area contributed by atoms with Gasteiger partial charge in [0.15, 0.2) is 0 Å². The molecule has 0 unspecified atom stereocenters. The lowest BCUT2D eigenvalue weighted by molar-refractivity contribution is -0.120. The molecule has 7 heteroatoms. The average molecular weight is 480 g/mol. The van der Waals surface area contributed by atoms with E-state index >= 15 is 0 Å². The minimum Gasteiger partial charge on any atom is -0.494 e. The maximum atomic E-state index is 13.3. The fraction of sp³-hybridized carbons (Fsp3) is 0.357. The summed E-state index contributed by atoms with van der Waals surface area (Å²) in [5.74, 6) is 0.363. The van der Waals surface area contributed by atoms with E-state index in [0.717, 1.165) is 41.2 Å². The maximum absolute atomic E-state index is 13.3. The van der Waals surface area contributed by atoms with Gasteiger partial charge in [-0.1, -0.05) is 32.0 Å². The highest BCUT2D eigenvalue weighted by atomic mass is 19.1. The molecule has 0 spiro atoms. The van der Waals surface area contributed by atoms with Crippen molar-refractivity contribution >= 4 is 11.6 Å². The van der Waals surface area contributed by atoms with Crippen LogP contribution in [0.4, 0.5) is 10.1 Å². The lowest BCUT2D eigenvalue weighted by Gasteiger charge is -2.31. The van der Waals surface area contributed by atoms with Crippen LogP contribution in [0.3, 0.4) is 0 Å². The quantitative estimate of drug-likeness (QED) is 0.492. The van der Waals surface area contributed by atoms with Crippen molar-refractivity contribution in [2.45, 2.75) is 33.7 Å². The molecule has 4 rings (SSSR count).